The Hall–Kier alpha value is -1.32. The lowest BCUT2D eigenvalue weighted by atomic mass is 9.43. The van der Waals surface area contributed by atoms with Crippen LogP contribution >= 0.6 is 28.3 Å². The van der Waals surface area contributed by atoms with Gasteiger partial charge in [-0.2, -0.15) is 4.98 Å². The van der Waals surface area contributed by atoms with Gasteiger partial charge in [-0.05, 0) is 73.5 Å². The number of halogens is 5. The molecule has 4 atom stereocenters. The number of hydrogen-bond acceptors (Lipinski definition) is 5. The van der Waals surface area contributed by atoms with Crippen molar-refractivity contribution in [2.75, 3.05) is 0 Å². The SMILES string of the molecule is C[C@]12CC3CC(NCc4nc(-c5ccc(Br)cc5OC(F)(F)F)no4)(C1)C[C@@](C)(C3)C2.Cl. The highest BCUT2D eigenvalue weighted by molar-refractivity contribution is 9.10. The van der Waals surface area contributed by atoms with Crippen LogP contribution in [0.1, 0.15) is 58.3 Å². The third-order valence-electron chi connectivity index (χ3n) is 7.12. The molecule has 1 heterocycles. The van der Waals surface area contributed by atoms with Crippen LogP contribution in [0.3, 0.4) is 0 Å². The van der Waals surface area contributed by atoms with Gasteiger partial charge in [-0.15, -0.1) is 25.6 Å². The first kappa shape index (κ1) is 23.8. The van der Waals surface area contributed by atoms with Crippen LogP contribution in [0.15, 0.2) is 27.2 Å². The van der Waals surface area contributed by atoms with Gasteiger partial charge in [-0.3, -0.25) is 0 Å². The second-order valence-electron chi connectivity index (χ2n) is 10.5. The highest BCUT2D eigenvalue weighted by Gasteiger charge is 2.59. The molecule has 0 amide bonds. The number of aromatic nitrogens is 2. The van der Waals surface area contributed by atoms with E-state index in [0.717, 1.165) is 25.2 Å². The smallest absolute Gasteiger partial charge is 0.405 e. The summed E-state index contributed by atoms with van der Waals surface area (Å²) in [5, 5.41) is 7.62. The number of nitrogens with zero attached hydrogens (tertiary/aromatic N) is 2. The molecule has 5 nitrogen and oxygen atoms in total. The van der Waals surface area contributed by atoms with Gasteiger partial charge in [0.2, 0.25) is 11.7 Å². The van der Waals surface area contributed by atoms with Crippen molar-refractivity contribution in [1.29, 1.82) is 0 Å². The molecule has 2 unspecified atom stereocenters. The molecule has 0 spiro atoms. The van der Waals surface area contributed by atoms with E-state index < -0.39 is 6.36 Å². The van der Waals surface area contributed by atoms with Crippen LogP contribution in [0.4, 0.5) is 13.2 Å². The molecule has 32 heavy (non-hydrogen) atoms. The molecule has 1 aromatic heterocycles. The van der Waals surface area contributed by atoms with Crippen molar-refractivity contribution in [2.24, 2.45) is 16.7 Å². The van der Waals surface area contributed by atoms with Crippen LogP contribution in [0.2, 0.25) is 0 Å². The summed E-state index contributed by atoms with van der Waals surface area (Å²) in [4.78, 5) is 4.35. The molecule has 0 aliphatic heterocycles. The number of rotatable bonds is 5. The molecular formula is C22H26BrClF3N3O2. The van der Waals surface area contributed by atoms with Gasteiger partial charge in [-0.1, -0.05) is 34.9 Å². The minimum atomic E-state index is -4.81. The van der Waals surface area contributed by atoms with Crippen LogP contribution in [-0.4, -0.2) is 22.0 Å². The van der Waals surface area contributed by atoms with E-state index in [1.807, 2.05) is 0 Å². The topological polar surface area (TPSA) is 60.2 Å². The maximum Gasteiger partial charge on any atom is 0.573 e. The quantitative estimate of drug-likeness (QED) is 0.463. The fourth-order valence-electron chi connectivity index (χ4n) is 7.23. The van der Waals surface area contributed by atoms with E-state index in [0.29, 0.717) is 27.7 Å². The summed E-state index contributed by atoms with van der Waals surface area (Å²) in [6, 6.07) is 4.34. The Morgan fingerprint density at radius 3 is 2.47 bits per heavy atom. The van der Waals surface area contributed by atoms with Crippen molar-refractivity contribution >= 4 is 28.3 Å². The molecule has 2 aromatic rings. The zero-order valence-electron chi connectivity index (χ0n) is 17.9. The Labute approximate surface area is 199 Å². The first-order chi connectivity index (χ1) is 14.4. The van der Waals surface area contributed by atoms with E-state index in [1.165, 1.54) is 31.4 Å². The Balaban J connectivity index is 0.00000245. The van der Waals surface area contributed by atoms with Crippen molar-refractivity contribution in [3.05, 3.63) is 28.6 Å². The molecule has 10 heteroatoms. The minimum absolute atomic E-state index is 0. The van der Waals surface area contributed by atoms with Crippen molar-refractivity contribution in [1.82, 2.24) is 15.5 Å². The molecule has 4 bridgehead atoms. The molecule has 1 aromatic carbocycles. The zero-order valence-corrected chi connectivity index (χ0v) is 20.3. The second-order valence-corrected chi connectivity index (χ2v) is 11.4. The average Bonchev–Trinajstić information content (AvgIpc) is 3.04. The number of benzene rings is 1. The summed E-state index contributed by atoms with van der Waals surface area (Å²) in [5.74, 6) is 0.820. The monoisotopic (exact) mass is 535 g/mol. The third-order valence-corrected chi connectivity index (χ3v) is 7.61. The maximum absolute atomic E-state index is 12.8. The van der Waals surface area contributed by atoms with E-state index in [4.69, 9.17) is 4.52 Å². The molecule has 0 radical (unpaired) electrons. The zero-order chi connectivity index (χ0) is 22.1. The van der Waals surface area contributed by atoms with Gasteiger partial charge in [0, 0.05) is 10.0 Å². The number of ether oxygens (including phenoxy) is 1. The number of nitrogens with one attached hydrogen (secondary N) is 1. The van der Waals surface area contributed by atoms with Gasteiger partial charge in [0.25, 0.3) is 0 Å². The molecule has 6 rings (SSSR count). The first-order valence-electron chi connectivity index (χ1n) is 10.6. The van der Waals surface area contributed by atoms with Crippen LogP contribution in [-0.2, 0) is 6.54 Å². The number of hydrogen-bond donors (Lipinski definition) is 1. The largest absolute Gasteiger partial charge is 0.573 e. The van der Waals surface area contributed by atoms with Gasteiger partial charge >= 0.3 is 6.36 Å². The molecular weight excluding hydrogens is 511 g/mol. The molecule has 4 fully saturated rings. The summed E-state index contributed by atoms with van der Waals surface area (Å²) in [6.07, 6.45) is 2.54. The predicted molar refractivity (Wildman–Crippen MR) is 118 cm³/mol. The first-order valence-corrected chi connectivity index (χ1v) is 11.4. The Morgan fingerprint density at radius 1 is 1.16 bits per heavy atom. The lowest BCUT2D eigenvalue weighted by Crippen LogP contribution is -2.63. The average molecular weight is 537 g/mol. The summed E-state index contributed by atoms with van der Waals surface area (Å²) in [5.41, 5.74) is 0.954. The fourth-order valence-corrected chi connectivity index (χ4v) is 7.57. The summed E-state index contributed by atoms with van der Waals surface area (Å²) in [7, 11) is 0. The van der Waals surface area contributed by atoms with E-state index in [1.54, 1.807) is 6.07 Å². The van der Waals surface area contributed by atoms with Crippen LogP contribution in [0.25, 0.3) is 11.4 Å². The second kappa shape index (κ2) is 7.87. The van der Waals surface area contributed by atoms with Gasteiger partial charge in [0.1, 0.15) is 5.75 Å². The van der Waals surface area contributed by atoms with E-state index in [9.17, 15) is 13.2 Å². The van der Waals surface area contributed by atoms with Crippen molar-refractivity contribution in [2.45, 2.75) is 70.8 Å². The van der Waals surface area contributed by atoms with E-state index in [-0.39, 0.29) is 35.1 Å². The molecule has 4 aliphatic carbocycles. The summed E-state index contributed by atoms with van der Waals surface area (Å²) < 4.78 is 48.4. The molecule has 0 saturated heterocycles. The minimum Gasteiger partial charge on any atom is -0.405 e. The van der Waals surface area contributed by atoms with Crippen molar-refractivity contribution in [3.8, 4) is 17.1 Å². The molecule has 1 N–H and O–H groups in total. The normalized spacial score (nSPS) is 33.2. The van der Waals surface area contributed by atoms with Crippen molar-refractivity contribution in [3.63, 3.8) is 0 Å². The molecule has 176 valence electrons. The molecule has 4 aliphatic rings. The lowest BCUT2D eigenvalue weighted by Gasteiger charge is -2.65. The standard InChI is InChI=1S/C22H25BrF3N3O2.ClH/c1-19-6-13-7-20(2,10-19)12-21(8-13,11-19)27-9-17-28-18(29-31-17)15-4-3-14(23)5-16(15)30-22(24,25)26;/h3-5,13,27H,6-12H2,1-2H3;1H/t13?,19-,20+,21?;. The Morgan fingerprint density at radius 2 is 1.84 bits per heavy atom. The Bertz CT molecular complexity index is 997. The highest BCUT2D eigenvalue weighted by Crippen LogP contribution is 2.66. The lowest BCUT2D eigenvalue weighted by molar-refractivity contribution is -0.274. The van der Waals surface area contributed by atoms with Gasteiger partial charge in [-0.25, -0.2) is 0 Å². The highest BCUT2D eigenvalue weighted by atomic mass is 79.9. The Kier molecular flexibility index (Phi) is 5.86. The molecule has 4 saturated carbocycles. The van der Waals surface area contributed by atoms with Crippen molar-refractivity contribution < 1.29 is 22.4 Å². The van der Waals surface area contributed by atoms with Gasteiger partial charge in [0.05, 0.1) is 12.1 Å². The van der Waals surface area contributed by atoms with Crippen LogP contribution < -0.4 is 10.1 Å². The van der Waals surface area contributed by atoms with Gasteiger partial charge < -0.3 is 14.6 Å². The maximum atomic E-state index is 12.8. The van der Waals surface area contributed by atoms with Crippen LogP contribution in [0.5, 0.6) is 5.75 Å². The fraction of sp³-hybridized carbons (Fsp3) is 0.636. The van der Waals surface area contributed by atoms with Crippen LogP contribution in [0, 0.1) is 16.7 Å². The summed E-state index contributed by atoms with van der Waals surface area (Å²) in [6.45, 7) is 5.22. The van der Waals surface area contributed by atoms with Gasteiger partial charge in [0.15, 0.2) is 0 Å². The van der Waals surface area contributed by atoms with E-state index in [2.05, 4.69) is 50.0 Å². The third kappa shape index (κ3) is 4.66. The van der Waals surface area contributed by atoms with E-state index >= 15 is 0 Å². The predicted octanol–water partition coefficient (Wildman–Crippen LogP) is 6.66. The summed E-state index contributed by atoms with van der Waals surface area (Å²) >= 11 is 3.17. The number of alkyl halides is 3.